The van der Waals surface area contributed by atoms with Crippen LogP contribution in [-0.4, -0.2) is 36.2 Å². The number of hydrogen-bond donors (Lipinski definition) is 1. The lowest BCUT2D eigenvalue weighted by Gasteiger charge is -2.17. The first-order valence-corrected chi connectivity index (χ1v) is 10.9. The van der Waals surface area contributed by atoms with Gasteiger partial charge in [-0.1, -0.05) is 61.3 Å². The van der Waals surface area contributed by atoms with Gasteiger partial charge in [0.1, 0.15) is 0 Å². The number of carbonyl (C=O) groups is 2. The fourth-order valence-electron chi connectivity index (χ4n) is 3.02. The molecule has 0 heterocycles. The number of aliphatic carboxylic acids is 1. The topological polar surface area (TPSA) is 66.8 Å². The van der Waals surface area contributed by atoms with Crippen LogP contribution in [-0.2, 0) is 27.3 Å². The molecule has 2 atom stereocenters. The number of carboxylic acid groups (broad SMARTS) is 1. The molecule has 7 heteroatoms. The predicted molar refractivity (Wildman–Crippen MR) is 125 cm³/mol. The normalized spacial score (nSPS) is 12.3. The maximum Gasteiger partial charge on any atom is 0.303 e. The Balaban J connectivity index is 0.000000316. The van der Waals surface area contributed by atoms with Gasteiger partial charge in [-0.05, 0) is 60.1 Å². The van der Waals surface area contributed by atoms with Crippen molar-refractivity contribution < 1.29 is 19.5 Å². The Hall–Kier alpha value is -2.08. The summed E-state index contributed by atoms with van der Waals surface area (Å²) in [5, 5.41) is 11.3. The van der Waals surface area contributed by atoms with Gasteiger partial charge < -0.3 is 5.11 Å². The monoisotopic (exact) mass is 467 g/mol. The first kappa shape index (κ1) is 27.0. The molecule has 0 saturated heterocycles. The van der Waals surface area contributed by atoms with Gasteiger partial charge in [-0.15, -0.1) is 0 Å². The van der Waals surface area contributed by atoms with Crippen LogP contribution in [0.2, 0.25) is 10.0 Å². The Morgan fingerprint density at radius 3 is 1.61 bits per heavy atom. The molecule has 0 aliphatic rings. The number of amides is 1. The van der Waals surface area contributed by atoms with Crippen molar-refractivity contribution in [3.05, 3.63) is 69.7 Å². The molecule has 5 nitrogen and oxygen atoms in total. The highest BCUT2D eigenvalue weighted by molar-refractivity contribution is 6.30. The zero-order valence-electron chi connectivity index (χ0n) is 18.5. The molecule has 2 rings (SSSR count). The summed E-state index contributed by atoms with van der Waals surface area (Å²) in [4.78, 5) is 26.9. The fraction of sp³-hybridized carbons (Fsp3) is 0.417. The van der Waals surface area contributed by atoms with Crippen LogP contribution < -0.4 is 0 Å². The van der Waals surface area contributed by atoms with Gasteiger partial charge in [0.15, 0.2) is 0 Å². The van der Waals surface area contributed by atoms with Crippen molar-refractivity contribution in [2.45, 2.75) is 39.5 Å². The molecule has 0 saturated carbocycles. The van der Waals surface area contributed by atoms with Crippen molar-refractivity contribution in [3.8, 4) is 0 Å². The van der Waals surface area contributed by atoms with E-state index in [0.717, 1.165) is 23.4 Å². The van der Waals surface area contributed by atoms with Gasteiger partial charge in [-0.3, -0.25) is 14.4 Å². The summed E-state index contributed by atoms with van der Waals surface area (Å²) >= 11 is 11.6. The fourth-order valence-corrected chi connectivity index (χ4v) is 3.27. The largest absolute Gasteiger partial charge is 0.481 e. The van der Waals surface area contributed by atoms with E-state index in [0.29, 0.717) is 11.4 Å². The lowest BCUT2D eigenvalue weighted by atomic mass is 9.98. The maximum atomic E-state index is 11.6. The van der Waals surface area contributed by atoms with Crippen molar-refractivity contribution in [3.63, 3.8) is 0 Å². The highest BCUT2D eigenvalue weighted by Gasteiger charge is 2.13. The summed E-state index contributed by atoms with van der Waals surface area (Å²) in [5.74, 6) is -0.310. The zero-order valence-corrected chi connectivity index (χ0v) is 20.0. The van der Waals surface area contributed by atoms with Crippen molar-refractivity contribution in [2.24, 2.45) is 11.8 Å². The van der Waals surface area contributed by atoms with E-state index in [-0.39, 0.29) is 24.2 Å². The van der Waals surface area contributed by atoms with Crippen molar-refractivity contribution in [1.82, 2.24) is 5.06 Å². The number of carboxylic acids is 1. The summed E-state index contributed by atoms with van der Waals surface area (Å²) in [6.07, 6.45) is 2.33. The van der Waals surface area contributed by atoms with Gasteiger partial charge in [0.2, 0.25) is 5.91 Å². The molecule has 2 aromatic carbocycles. The minimum absolute atomic E-state index is 0.00559. The molecule has 0 fully saturated rings. The highest BCUT2D eigenvalue weighted by atomic mass is 35.5. The SMILES string of the molecule is CC(CC(=O)O)Cc1ccc(Cl)cc1.CON(C)C(=O)CC(C)Cc1ccc(Cl)cc1. The van der Waals surface area contributed by atoms with Crippen LogP contribution in [0.25, 0.3) is 0 Å². The smallest absolute Gasteiger partial charge is 0.303 e. The molecule has 0 spiro atoms. The second-order valence-electron chi connectivity index (χ2n) is 7.75. The first-order valence-electron chi connectivity index (χ1n) is 10.1. The van der Waals surface area contributed by atoms with Gasteiger partial charge >= 0.3 is 5.97 Å². The van der Waals surface area contributed by atoms with Crippen LogP contribution in [0.4, 0.5) is 0 Å². The Labute approximate surface area is 194 Å². The number of hydrogen-bond acceptors (Lipinski definition) is 3. The Kier molecular flexibility index (Phi) is 12.2. The number of benzene rings is 2. The minimum atomic E-state index is -0.744. The third kappa shape index (κ3) is 11.8. The highest BCUT2D eigenvalue weighted by Crippen LogP contribution is 2.16. The van der Waals surface area contributed by atoms with Crippen LogP contribution in [0.15, 0.2) is 48.5 Å². The van der Waals surface area contributed by atoms with E-state index < -0.39 is 5.97 Å². The van der Waals surface area contributed by atoms with Crippen molar-refractivity contribution in [1.29, 1.82) is 0 Å². The molecule has 2 aromatic rings. The summed E-state index contributed by atoms with van der Waals surface area (Å²) < 4.78 is 0. The van der Waals surface area contributed by atoms with Gasteiger partial charge in [0, 0.05) is 29.9 Å². The van der Waals surface area contributed by atoms with E-state index in [1.165, 1.54) is 17.7 Å². The van der Waals surface area contributed by atoms with Gasteiger partial charge in [0.05, 0.1) is 7.11 Å². The van der Waals surface area contributed by atoms with E-state index in [9.17, 15) is 9.59 Å². The number of hydroxylamine groups is 2. The number of carbonyl (C=O) groups excluding carboxylic acids is 1. The van der Waals surface area contributed by atoms with Crippen LogP contribution >= 0.6 is 23.2 Å². The average Bonchev–Trinajstić information content (AvgIpc) is 2.70. The molecule has 31 heavy (non-hydrogen) atoms. The zero-order chi connectivity index (χ0) is 23.4. The lowest BCUT2D eigenvalue weighted by Crippen LogP contribution is -2.27. The van der Waals surface area contributed by atoms with E-state index in [1.54, 1.807) is 7.05 Å². The molecule has 1 N–H and O–H groups in total. The second kappa shape index (κ2) is 14.1. The van der Waals surface area contributed by atoms with Crippen LogP contribution in [0.5, 0.6) is 0 Å². The van der Waals surface area contributed by atoms with E-state index >= 15 is 0 Å². The van der Waals surface area contributed by atoms with E-state index in [2.05, 4.69) is 6.92 Å². The van der Waals surface area contributed by atoms with E-state index in [4.69, 9.17) is 33.1 Å². The van der Waals surface area contributed by atoms with Crippen LogP contribution in [0, 0.1) is 11.8 Å². The van der Waals surface area contributed by atoms with Crippen molar-refractivity contribution >= 4 is 35.1 Å². The average molecular weight is 468 g/mol. The molecule has 0 radical (unpaired) electrons. The molecular weight excluding hydrogens is 437 g/mol. The molecular formula is C24H31Cl2NO4. The molecule has 1 amide bonds. The Morgan fingerprint density at radius 2 is 1.26 bits per heavy atom. The minimum Gasteiger partial charge on any atom is -0.481 e. The third-order valence-corrected chi connectivity index (χ3v) is 5.17. The van der Waals surface area contributed by atoms with Gasteiger partial charge in [-0.2, -0.15) is 0 Å². The second-order valence-corrected chi connectivity index (χ2v) is 8.62. The summed E-state index contributed by atoms with van der Waals surface area (Å²) in [7, 11) is 3.11. The van der Waals surface area contributed by atoms with E-state index in [1.807, 2.05) is 55.5 Å². The molecule has 0 aliphatic carbocycles. The number of rotatable bonds is 9. The number of halogens is 2. The predicted octanol–water partition coefficient (Wildman–Crippen LogP) is 5.92. The molecule has 2 unspecified atom stereocenters. The first-order chi connectivity index (χ1) is 14.6. The molecule has 0 bridgehead atoms. The Bertz CT molecular complexity index is 809. The third-order valence-electron chi connectivity index (χ3n) is 4.67. The molecule has 0 aliphatic heterocycles. The van der Waals surface area contributed by atoms with Crippen LogP contribution in [0.1, 0.15) is 37.8 Å². The lowest BCUT2D eigenvalue weighted by molar-refractivity contribution is -0.169. The summed E-state index contributed by atoms with van der Waals surface area (Å²) in [5.41, 5.74) is 2.32. The summed E-state index contributed by atoms with van der Waals surface area (Å²) in [6, 6.07) is 15.2. The van der Waals surface area contributed by atoms with Gasteiger partial charge in [-0.25, -0.2) is 5.06 Å². The Morgan fingerprint density at radius 1 is 0.871 bits per heavy atom. The molecule has 170 valence electrons. The summed E-state index contributed by atoms with van der Waals surface area (Å²) in [6.45, 7) is 3.98. The molecule has 0 aromatic heterocycles. The number of nitrogens with zero attached hydrogens (tertiary/aromatic N) is 1. The van der Waals surface area contributed by atoms with Gasteiger partial charge in [0.25, 0.3) is 0 Å². The van der Waals surface area contributed by atoms with Crippen LogP contribution in [0.3, 0.4) is 0 Å². The quantitative estimate of drug-likeness (QED) is 0.464. The standard InChI is InChI=1S/C13H18ClNO2.C11H13ClO2/c1-10(9-13(16)15(2)17-3)8-11-4-6-12(14)7-5-11;1-8(7-11(13)14)6-9-2-4-10(12)5-3-9/h4-7,10H,8-9H2,1-3H3;2-5,8H,6-7H2,1H3,(H,13,14). The van der Waals surface area contributed by atoms with Crippen molar-refractivity contribution in [2.75, 3.05) is 14.2 Å². The maximum absolute atomic E-state index is 11.6.